The van der Waals surface area contributed by atoms with Crippen LogP contribution in [-0.2, 0) is 0 Å². The van der Waals surface area contributed by atoms with E-state index in [1.54, 1.807) is 0 Å². The van der Waals surface area contributed by atoms with Crippen molar-refractivity contribution in [3.63, 3.8) is 0 Å². The van der Waals surface area contributed by atoms with Gasteiger partial charge in [-0.15, -0.1) is 0 Å². The van der Waals surface area contributed by atoms with Crippen molar-refractivity contribution in [3.05, 3.63) is 22.2 Å². The zero-order chi connectivity index (χ0) is 10.9. The van der Waals surface area contributed by atoms with Gasteiger partial charge in [-0.05, 0) is 0 Å². The average Bonchev–Trinajstić information content (AvgIpc) is 2.01. The Kier molecular flexibility index (Phi) is 3.18. The first kappa shape index (κ1) is 11.5. The van der Waals surface area contributed by atoms with Crippen LogP contribution in [0.5, 0.6) is 0 Å². The zero-order valence-electron chi connectivity index (χ0n) is 6.52. The van der Waals surface area contributed by atoms with Gasteiger partial charge >= 0.3 is 6.18 Å². The van der Waals surface area contributed by atoms with Crippen molar-refractivity contribution in [2.24, 2.45) is 5.73 Å². The summed E-state index contributed by atoms with van der Waals surface area (Å²) in [6, 6.07) is -2.27. The average molecular weight is 246 g/mol. The van der Waals surface area contributed by atoms with Crippen LogP contribution < -0.4 is 5.73 Å². The molecule has 0 spiro atoms. The number of hydrogen-bond acceptors (Lipinski definition) is 3. The molecule has 1 atom stereocenters. The molecule has 3 nitrogen and oxygen atoms in total. The lowest BCUT2D eigenvalue weighted by molar-refractivity contribution is -0.149. The Labute approximate surface area is 87.0 Å². The third-order valence-electron chi connectivity index (χ3n) is 1.45. The van der Waals surface area contributed by atoms with Crippen LogP contribution in [0, 0.1) is 0 Å². The highest BCUT2D eigenvalue weighted by molar-refractivity contribution is 6.34. The molecule has 0 fully saturated rings. The molecular weight excluding hydrogens is 242 g/mol. The molecule has 1 heterocycles. The SMILES string of the molecule is NC(c1c(Cl)ncnc1Cl)C(F)(F)F. The Balaban J connectivity index is 3.19. The first-order valence-corrected chi connectivity index (χ1v) is 4.08. The molecule has 0 saturated carbocycles. The third-order valence-corrected chi connectivity index (χ3v) is 2.05. The monoisotopic (exact) mass is 245 g/mol. The molecule has 1 unspecified atom stereocenters. The molecule has 8 heteroatoms. The van der Waals surface area contributed by atoms with Gasteiger partial charge in [0.15, 0.2) is 0 Å². The van der Waals surface area contributed by atoms with E-state index in [0.29, 0.717) is 0 Å². The Bertz CT molecular complexity index is 321. The van der Waals surface area contributed by atoms with Crippen LogP contribution in [0.15, 0.2) is 6.33 Å². The van der Waals surface area contributed by atoms with Gasteiger partial charge in [-0.1, -0.05) is 23.2 Å². The van der Waals surface area contributed by atoms with Crippen molar-refractivity contribution in [2.75, 3.05) is 0 Å². The normalized spacial score (nSPS) is 14.1. The Morgan fingerprint density at radius 2 is 1.64 bits per heavy atom. The summed E-state index contributed by atoms with van der Waals surface area (Å²) >= 11 is 10.8. The van der Waals surface area contributed by atoms with E-state index >= 15 is 0 Å². The minimum absolute atomic E-state index is 0.394. The number of hydrogen-bond donors (Lipinski definition) is 1. The van der Waals surface area contributed by atoms with Gasteiger partial charge in [-0.25, -0.2) is 9.97 Å². The maximum absolute atomic E-state index is 12.2. The van der Waals surface area contributed by atoms with Crippen molar-refractivity contribution in [2.45, 2.75) is 12.2 Å². The molecule has 1 aromatic heterocycles. The number of aromatic nitrogens is 2. The second-order valence-corrected chi connectivity index (χ2v) is 3.10. The number of alkyl halides is 3. The van der Waals surface area contributed by atoms with Crippen LogP contribution >= 0.6 is 23.2 Å². The molecule has 0 saturated heterocycles. The quantitative estimate of drug-likeness (QED) is 0.773. The van der Waals surface area contributed by atoms with E-state index in [0.717, 1.165) is 6.33 Å². The number of nitrogens with two attached hydrogens (primary N) is 1. The van der Waals surface area contributed by atoms with Crippen LogP contribution in [0.25, 0.3) is 0 Å². The minimum Gasteiger partial charge on any atom is -0.316 e. The highest BCUT2D eigenvalue weighted by Gasteiger charge is 2.40. The fourth-order valence-electron chi connectivity index (χ4n) is 0.775. The van der Waals surface area contributed by atoms with Crippen LogP contribution in [0.3, 0.4) is 0 Å². The van der Waals surface area contributed by atoms with Gasteiger partial charge < -0.3 is 5.73 Å². The maximum Gasteiger partial charge on any atom is 0.407 e. The van der Waals surface area contributed by atoms with Crippen molar-refractivity contribution in [3.8, 4) is 0 Å². The molecule has 1 rings (SSSR count). The lowest BCUT2D eigenvalue weighted by atomic mass is 10.1. The van der Waals surface area contributed by atoms with E-state index in [-0.39, 0.29) is 0 Å². The molecule has 0 amide bonds. The summed E-state index contributed by atoms with van der Waals surface area (Å²) in [5, 5.41) is -0.787. The lowest BCUT2D eigenvalue weighted by Crippen LogP contribution is -2.29. The molecule has 78 valence electrons. The standard InChI is InChI=1S/C6H4Cl2F3N3/c7-4-2(3(12)6(9,10)11)5(8)14-1-13-4/h1,3H,12H2. The van der Waals surface area contributed by atoms with Crippen molar-refractivity contribution in [1.29, 1.82) is 0 Å². The zero-order valence-corrected chi connectivity index (χ0v) is 8.03. The largest absolute Gasteiger partial charge is 0.407 e. The molecule has 1 aromatic rings. The molecule has 2 N–H and O–H groups in total. The molecular formula is C6H4Cl2F3N3. The van der Waals surface area contributed by atoms with Crippen molar-refractivity contribution < 1.29 is 13.2 Å². The maximum atomic E-state index is 12.2. The molecule has 0 aliphatic heterocycles. The minimum atomic E-state index is -4.63. The molecule has 14 heavy (non-hydrogen) atoms. The van der Waals surface area contributed by atoms with Gasteiger partial charge in [0.05, 0.1) is 5.56 Å². The van der Waals surface area contributed by atoms with Crippen LogP contribution in [0.2, 0.25) is 10.3 Å². The van der Waals surface area contributed by atoms with E-state index in [1.165, 1.54) is 0 Å². The number of nitrogens with zero attached hydrogens (tertiary/aromatic N) is 2. The van der Waals surface area contributed by atoms with Crippen molar-refractivity contribution >= 4 is 23.2 Å². The fraction of sp³-hybridized carbons (Fsp3) is 0.333. The van der Waals surface area contributed by atoms with Gasteiger partial charge in [-0.3, -0.25) is 0 Å². The van der Waals surface area contributed by atoms with E-state index < -0.39 is 28.1 Å². The van der Waals surface area contributed by atoms with Gasteiger partial charge in [0.2, 0.25) is 0 Å². The summed E-state index contributed by atoms with van der Waals surface area (Å²) in [5.74, 6) is 0. The van der Waals surface area contributed by atoms with E-state index in [9.17, 15) is 13.2 Å². The van der Waals surface area contributed by atoms with Gasteiger partial charge in [-0.2, -0.15) is 13.2 Å². The number of halogens is 5. The molecule has 0 aliphatic rings. The highest BCUT2D eigenvalue weighted by Crippen LogP contribution is 2.36. The first-order valence-electron chi connectivity index (χ1n) is 3.32. The van der Waals surface area contributed by atoms with Crippen LogP contribution in [0.4, 0.5) is 13.2 Å². The summed E-state index contributed by atoms with van der Waals surface area (Å²) in [7, 11) is 0. The topological polar surface area (TPSA) is 51.8 Å². The fourth-order valence-corrected chi connectivity index (χ4v) is 1.32. The predicted octanol–water partition coefficient (Wildman–Crippen LogP) is 2.35. The molecule has 0 bridgehead atoms. The van der Waals surface area contributed by atoms with E-state index in [1.807, 2.05) is 0 Å². The molecule has 0 aliphatic carbocycles. The molecule has 0 aromatic carbocycles. The summed E-state index contributed by atoms with van der Waals surface area (Å²) in [4.78, 5) is 6.73. The predicted molar refractivity (Wildman–Crippen MR) is 45.0 cm³/mol. The summed E-state index contributed by atoms with van der Waals surface area (Å²) < 4.78 is 36.6. The van der Waals surface area contributed by atoms with Crippen LogP contribution in [-0.4, -0.2) is 16.1 Å². The second kappa shape index (κ2) is 3.88. The summed E-state index contributed by atoms with van der Waals surface area (Å²) in [5.41, 5.74) is 4.39. The Hall–Kier alpha value is -0.590. The Morgan fingerprint density at radius 3 is 2.00 bits per heavy atom. The second-order valence-electron chi connectivity index (χ2n) is 2.39. The smallest absolute Gasteiger partial charge is 0.316 e. The highest BCUT2D eigenvalue weighted by atomic mass is 35.5. The van der Waals surface area contributed by atoms with Crippen LogP contribution in [0.1, 0.15) is 11.6 Å². The van der Waals surface area contributed by atoms with Gasteiger partial charge in [0.1, 0.15) is 22.7 Å². The summed E-state index contributed by atoms with van der Waals surface area (Å²) in [6.07, 6.45) is -3.67. The van der Waals surface area contributed by atoms with Crippen molar-refractivity contribution in [1.82, 2.24) is 9.97 Å². The number of rotatable bonds is 1. The third kappa shape index (κ3) is 2.26. The lowest BCUT2D eigenvalue weighted by Gasteiger charge is -2.16. The van der Waals surface area contributed by atoms with Gasteiger partial charge in [0, 0.05) is 0 Å². The van der Waals surface area contributed by atoms with E-state index in [4.69, 9.17) is 28.9 Å². The first-order chi connectivity index (χ1) is 6.34. The summed E-state index contributed by atoms with van der Waals surface area (Å²) in [6.45, 7) is 0. The van der Waals surface area contributed by atoms with Gasteiger partial charge in [0.25, 0.3) is 0 Å². The van der Waals surface area contributed by atoms with E-state index in [2.05, 4.69) is 9.97 Å². The Morgan fingerprint density at radius 1 is 1.21 bits per heavy atom. The molecule has 0 radical (unpaired) electrons.